The third-order valence-corrected chi connectivity index (χ3v) is 4.36. The molecule has 1 aromatic heterocycles. The van der Waals surface area contributed by atoms with Crippen LogP contribution in [0.25, 0.3) is 0 Å². The lowest BCUT2D eigenvalue weighted by atomic mass is 10.1. The summed E-state index contributed by atoms with van der Waals surface area (Å²) in [6.07, 6.45) is 0. The minimum Gasteiger partial charge on any atom is -0.439 e. The Bertz CT molecular complexity index is 837. The van der Waals surface area contributed by atoms with Gasteiger partial charge < -0.3 is 4.74 Å². The number of aryl methyl sites for hydroxylation is 2. The number of halogens is 1. The first-order valence-electron chi connectivity index (χ1n) is 7.56. The number of nitrogens with zero attached hydrogens (tertiary/aromatic N) is 2. The van der Waals surface area contributed by atoms with Crippen LogP contribution in [0.4, 0.5) is 4.39 Å². The standard InChI is InChI=1S/C19H17FN2OS/c1-13-5-3-4-6-15(13)12-24-19-21-14(2)11-18(22-19)23-17-9-7-16(20)8-10-17/h3-11H,12H2,1-2H3. The summed E-state index contributed by atoms with van der Waals surface area (Å²) >= 11 is 1.57. The highest BCUT2D eigenvalue weighted by Gasteiger charge is 2.07. The van der Waals surface area contributed by atoms with E-state index in [2.05, 4.69) is 29.0 Å². The zero-order valence-electron chi connectivity index (χ0n) is 13.5. The van der Waals surface area contributed by atoms with Crippen LogP contribution in [0.3, 0.4) is 0 Å². The number of hydrogen-bond donors (Lipinski definition) is 0. The number of benzene rings is 2. The molecule has 0 unspecified atom stereocenters. The molecule has 122 valence electrons. The van der Waals surface area contributed by atoms with Gasteiger partial charge in [-0.2, -0.15) is 4.98 Å². The van der Waals surface area contributed by atoms with Gasteiger partial charge in [-0.3, -0.25) is 0 Å². The highest BCUT2D eigenvalue weighted by atomic mass is 32.2. The van der Waals surface area contributed by atoms with Crippen LogP contribution in [0.2, 0.25) is 0 Å². The molecule has 0 atom stereocenters. The Hall–Kier alpha value is -2.40. The molecule has 0 amide bonds. The summed E-state index contributed by atoms with van der Waals surface area (Å²) in [6, 6.07) is 15.9. The fourth-order valence-corrected chi connectivity index (χ4v) is 3.14. The van der Waals surface area contributed by atoms with Gasteiger partial charge in [-0.1, -0.05) is 36.0 Å². The molecule has 0 saturated carbocycles. The van der Waals surface area contributed by atoms with Crippen molar-refractivity contribution in [1.82, 2.24) is 9.97 Å². The lowest BCUT2D eigenvalue weighted by molar-refractivity contribution is 0.453. The van der Waals surface area contributed by atoms with Gasteiger partial charge in [-0.05, 0) is 49.2 Å². The van der Waals surface area contributed by atoms with E-state index in [9.17, 15) is 4.39 Å². The molecule has 0 fully saturated rings. The van der Waals surface area contributed by atoms with Gasteiger partial charge in [0.25, 0.3) is 0 Å². The summed E-state index contributed by atoms with van der Waals surface area (Å²) < 4.78 is 18.7. The second kappa shape index (κ2) is 7.45. The highest BCUT2D eigenvalue weighted by Crippen LogP contribution is 2.26. The maximum Gasteiger partial charge on any atom is 0.223 e. The van der Waals surface area contributed by atoms with E-state index in [1.807, 2.05) is 19.1 Å². The second-order valence-electron chi connectivity index (χ2n) is 5.40. The number of hydrogen-bond acceptors (Lipinski definition) is 4. The van der Waals surface area contributed by atoms with Gasteiger partial charge in [0, 0.05) is 17.5 Å². The molecule has 1 heterocycles. The third-order valence-electron chi connectivity index (χ3n) is 3.46. The van der Waals surface area contributed by atoms with Crippen molar-refractivity contribution in [3.05, 3.63) is 77.2 Å². The van der Waals surface area contributed by atoms with Crippen molar-refractivity contribution >= 4 is 11.8 Å². The molecule has 0 bridgehead atoms. The van der Waals surface area contributed by atoms with Gasteiger partial charge in [0.1, 0.15) is 11.6 Å². The lowest BCUT2D eigenvalue weighted by Crippen LogP contribution is -1.96. The topological polar surface area (TPSA) is 35.0 Å². The summed E-state index contributed by atoms with van der Waals surface area (Å²) in [5.41, 5.74) is 3.34. The fourth-order valence-electron chi connectivity index (χ4n) is 2.17. The zero-order chi connectivity index (χ0) is 16.9. The Morgan fingerprint density at radius 1 is 1.00 bits per heavy atom. The van der Waals surface area contributed by atoms with Crippen LogP contribution in [0, 0.1) is 19.7 Å². The lowest BCUT2D eigenvalue weighted by Gasteiger charge is -2.08. The Labute approximate surface area is 144 Å². The van der Waals surface area contributed by atoms with Crippen LogP contribution in [0.5, 0.6) is 11.6 Å². The van der Waals surface area contributed by atoms with Crippen LogP contribution in [-0.2, 0) is 5.75 Å². The van der Waals surface area contributed by atoms with E-state index in [1.165, 1.54) is 23.3 Å². The first-order valence-corrected chi connectivity index (χ1v) is 8.55. The molecule has 0 spiro atoms. The first-order chi connectivity index (χ1) is 11.6. The molecule has 5 heteroatoms. The summed E-state index contributed by atoms with van der Waals surface area (Å²) in [6.45, 7) is 3.99. The summed E-state index contributed by atoms with van der Waals surface area (Å²) in [5.74, 6) is 1.51. The molecule has 0 radical (unpaired) electrons. The van der Waals surface area contributed by atoms with Crippen LogP contribution in [0.1, 0.15) is 16.8 Å². The average molecular weight is 340 g/mol. The monoisotopic (exact) mass is 340 g/mol. The van der Waals surface area contributed by atoms with Gasteiger partial charge in [0.2, 0.25) is 5.88 Å². The minimum absolute atomic E-state index is 0.296. The maximum absolute atomic E-state index is 13.0. The summed E-state index contributed by atoms with van der Waals surface area (Å²) in [5, 5.41) is 0.662. The van der Waals surface area contributed by atoms with Crippen molar-refractivity contribution in [2.45, 2.75) is 24.8 Å². The molecule has 0 aliphatic rings. The van der Waals surface area contributed by atoms with Gasteiger partial charge in [-0.25, -0.2) is 9.37 Å². The highest BCUT2D eigenvalue weighted by molar-refractivity contribution is 7.98. The molecule has 24 heavy (non-hydrogen) atoms. The molecule has 0 saturated heterocycles. The van der Waals surface area contributed by atoms with Gasteiger partial charge in [0.15, 0.2) is 5.16 Å². The average Bonchev–Trinajstić information content (AvgIpc) is 2.56. The van der Waals surface area contributed by atoms with Crippen molar-refractivity contribution in [3.8, 4) is 11.6 Å². The number of thioether (sulfide) groups is 1. The fraction of sp³-hybridized carbons (Fsp3) is 0.158. The normalized spacial score (nSPS) is 10.6. The van der Waals surface area contributed by atoms with E-state index in [-0.39, 0.29) is 5.82 Å². The largest absolute Gasteiger partial charge is 0.439 e. The quantitative estimate of drug-likeness (QED) is 0.465. The Balaban J connectivity index is 1.74. The van der Waals surface area contributed by atoms with E-state index in [0.717, 1.165) is 11.4 Å². The van der Waals surface area contributed by atoms with Gasteiger partial charge >= 0.3 is 0 Å². The summed E-state index contributed by atoms with van der Waals surface area (Å²) in [4.78, 5) is 8.88. The molecule has 3 rings (SSSR count). The van der Waals surface area contributed by atoms with E-state index in [4.69, 9.17) is 4.74 Å². The Morgan fingerprint density at radius 2 is 1.75 bits per heavy atom. The van der Waals surface area contributed by atoms with Gasteiger partial charge in [-0.15, -0.1) is 0 Å². The Morgan fingerprint density at radius 3 is 2.50 bits per heavy atom. The van der Waals surface area contributed by atoms with E-state index < -0.39 is 0 Å². The predicted octanol–water partition coefficient (Wildman–Crippen LogP) is 5.32. The predicted molar refractivity (Wildman–Crippen MR) is 94.0 cm³/mol. The van der Waals surface area contributed by atoms with Crippen LogP contribution >= 0.6 is 11.8 Å². The zero-order valence-corrected chi connectivity index (χ0v) is 14.3. The van der Waals surface area contributed by atoms with Crippen LogP contribution in [0.15, 0.2) is 59.8 Å². The summed E-state index contributed by atoms with van der Waals surface area (Å²) in [7, 11) is 0. The van der Waals surface area contributed by atoms with Crippen LogP contribution < -0.4 is 4.74 Å². The van der Waals surface area contributed by atoms with E-state index in [0.29, 0.717) is 16.8 Å². The molecule has 2 aromatic carbocycles. The van der Waals surface area contributed by atoms with Crippen molar-refractivity contribution in [2.24, 2.45) is 0 Å². The van der Waals surface area contributed by atoms with E-state index in [1.54, 1.807) is 30.0 Å². The molecule has 0 N–H and O–H groups in total. The smallest absolute Gasteiger partial charge is 0.223 e. The number of ether oxygens (including phenoxy) is 1. The van der Waals surface area contributed by atoms with Crippen molar-refractivity contribution in [3.63, 3.8) is 0 Å². The van der Waals surface area contributed by atoms with Crippen molar-refractivity contribution < 1.29 is 9.13 Å². The second-order valence-corrected chi connectivity index (χ2v) is 6.34. The maximum atomic E-state index is 13.0. The SMILES string of the molecule is Cc1cc(Oc2ccc(F)cc2)nc(SCc2ccccc2C)n1. The molecular weight excluding hydrogens is 323 g/mol. The number of aromatic nitrogens is 2. The van der Waals surface area contributed by atoms with Crippen molar-refractivity contribution in [1.29, 1.82) is 0 Å². The van der Waals surface area contributed by atoms with Crippen LogP contribution in [-0.4, -0.2) is 9.97 Å². The molecular formula is C19H17FN2OS. The first kappa shape index (κ1) is 16.5. The minimum atomic E-state index is -0.296. The van der Waals surface area contributed by atoms with Crippen molar-refractivity contribution in [2.75, 3.05) is 0 Å². The molecule has 3 aromatic rings. The Kier molecular flexibility index (Phi) is 5.11. The molecule has 0 aliphatic heterocycles. The molecule has 0 aliphatic carbocycles. The van der Waals surface area contributed by atoms with E-state index >= 15 is 0 Å². The molecule has 3 nitrogen and oxygen atoms in total. The number of rotatable bonds is 5. The van der Waals surface area contributed by atoms with Gasteiger partial charge in [0.05, 0.1) is 0 Å². The third kappa shape index (κ3) is 4.32.